The van der Waals surface area contributed by atoms with Crippen LogP contribution in [0.25, 0.3) is 11.7 Å². The number of hydrogen-bond acceptors (Lipinski definition) is 3. The first-order valence-electron chi connectivity index (χ1n) is 7.07. The molecule has 1 aromatic carbocycles. The summed E-state index contributed by atoms with van der Waals surface area (Å²) in [5.41, 5.74) is 3.33. The summed E-state index contributed by atoms with van der Waals surface area (Å²) in [4.78, 5) is 6.78. The molecular weight excluding hydrogens is 340 g/mol. The molecule has 0 saturated carbocycles. The molecule has 0 radical (unpaired) electrons. The lowest BCUT2D eigenvalue weighted by Crippen LogP contribution is -2.20. The Balaban J connectivity index is 1.79. The molecule has 0 aliphatic carbocycles. The van der Waals surface area contributed by atoms with Crippen LogP contribution in [0.5, 0.6) is 0 Å². The zero-order valence-corrected chi connectivity index (χ0v) is 14.2. The number of anilines is 1. The number of halogens is 1. The molecule has 2 heterocycles. The summed E-state index contributed by atoms with van der Waals surface area (Å²) in [6.45, 7) is 2.96. The summed E-state index contributed by atoms with van der Waals surface area (Å²) in [5.74, 6) is 0.925. The molecule has 0 unspecified atom stereocenters. The second kappa shape index (κ2) is 6.32. The lowest BCUT2D eigenvalue weighted by Gasteiger charge is -2.18. The van der Waals surface area contributed by atoms with Crippen LogP contribution in [0.15, 0.2) is 58.8 Å². The Labute approximate surface area is 138 Å². The minimum Gasteiger partial charge on any atom is -0.356 e. The Hall–Kier alpha value is -2.14. The fraction of sp³-hybridized carbons (Fsp3) is 0.176. The molecule has 4 nitrogen and oxygen atoms in total. The summed E-state index contributed by atoms with van der Waals surface area (Å²) in [6, 6.07) is 12.3. The molecule has 5 heteroatoms. The van der Waals surface area contributed by atoms with Gasteiger partial charge in [0.2, 0.25) is 0 Å². The molecule has 0 N–H and O–H groups in total. The zero-order chi connectivity index (χ0) is 15.5. The highest BCUT2D eigenvalue weighted by molar-refractivity contribution is 9.10. The van der Waals surface area contributed by atoms with Crippen molar-refractivity contribution in [3.63, 3.8) is 0 Å². The lowest BCUT2D eigenvalue weighted by atomic mass is 10.1. The van der Waals surface area contributed by atoms with Crippen LogP contribution in [0, 0.1) is 0 Å². The number of rotatable bonds is 4. The molecule has 0 aliphatic rings. The van der Waals surface area contributed by atoms with Gasteiger partial charge in [0.25, 0.3) is 0 Å². The van der Waals surface area contributed by atoms with Crippen molar-refractivity contribution in [2.45, 2.75) is 6.92 Å². The molecule has 0 fully saturated rings. The first kappa shape index (κ1) is 14.8. The molecule has 0 amide bonds. The number of nitrogens with zero attached hydrogens (tertiary/aromatic N) is 4. The molecule has 0 spiro atoms. The fourth-order valence-electron chi connectivity index (χ4n) is 2.38. The molecular formula is C17H17BrN4. The van der Waals surface area contributed by atoms with E-state index in [1.165, 1.54) is 11.1 Å². The van der Waals surface area contributed by atoms with Gasteiger partial charge in [-0.15, -0.1) is 0 Å². The Morgan fingerprint density at radius 1 is 1.27 bits per heavy atom. The number of hydrogen-bond donors (Lipinski definition) is 0. The summed E-state index contributed by atoms with van der Waals surface area (Å²) in [6.07, 6.45) is 5.88. The Bertz CT molecular complexity index is 808. The van der Waals surface area contributed by atoms with Crippen LogP contribution in [0.1, 0.15) is 12.5 Å². The maximum atomic E-state index is 4.65. The summed E-state index contributed by atoms with van der Waals surface area (Å²) in [7, 11) is 2.05. The smallest absolute Gasteiger partial charge is 0.171 e. The van der Waals surface area contributed by atoms with Crippen molar-refractivity contribution in [2.24, 2.45) is 0 Å². The second-order valence-electron chi connectivity index (χ2n) is 5.30. The van der Waals surface area contributed by atoms with E-state index in [0.29, 0.717) is 0 Å². The zero-order valence-electron chi connectivity index (χ0n) is 12.6. The number of likely N-dealkylation sites (N-methyl/N-ethyl adjacent to an activating group) is 1. The van der Waals surface area contributed by atoms with Crippen molar-refractivity contribution in [2.75, 3.05) is 18.5 Å². The third-order valence-corrected chi connectivity index (χ3v) is 3.96. The highest BCUT2D eigenvalue weighted by Crippen LogP contribution is 2.19. The van der Waals surface area contributed by atoms with Gasteiger partial charge in [-0.3, -0.25) is 0 Å². The minimum atomic E-state index is 0.823. The van der Waals surface area contributed by atoms with Gasteiger partial charge in [-0.2, -0.15) is 5.10 Å². The van der Waals surface area contributed by atoms with Crippen molar-refractivity contribution in [1.82, 2.24) is 14.6 Å². The van der Waals surface area contributed by atoms with Gasteiger partial charge >= 0.3 is 0 Å². The SMILES string of the molecule is C/C(=C\c1ccccc1)CN(C)c1ccn2ncc(Br)c2n1. The van der Waals surface area contributed by atoms with E-state index in [2.05, 4.69) is 68.2 Å². The van der Waals surface area contributed by atoms with Gasteiger partial charge in [0.15, 0.2) is 5.65 Å². The maximum Gasteiger partial charge on any atom is 0.171 e. The van der Waals surface area contributed by atoms with E-state index in [1.54, 1.807) is 10.7 Å². The highest BCUT2D eigenvalue weighted by atomic mass is 79.9. The standard InChI is InChI=1S/C17H17BrN4/c1-13(10-14-6-4-3-5-7-14)12-21(2)16-8-9-22-17(20-16)15(18)11-19-22/h3-11H,12H2,1-2H3/b13-10+. The van der Waals surface area contributed by atoms with Crippen molar-refractivity contribution >= 4 is 33.5 Å². The number of benzene rings is 1. The van der Waals surface area contributed by atoms with Crippen molar-refractivity contribution in [3.8, 4) is 0 Å². The molecule has 0 atom stereocenters. The maximum absolute atomic E-state index is 4.65. The first-order valence-corrected chi connectivity index (χ1v) is 7.86. The Kier molecular flexibility index (Phi) is 4.24. The molecule has 112 valence electrons. The fourth-order valence-corrected chi connectivity index (χ4v) is 2.74. The summed E-state index contributed by atoms with van der Waals surface area (Å²) < 4.78 is 2.66. The van der Waals surface area contributed by atoms with E-state index < -0.39 is 0 Å². The van der Waals surface area contributed by atoms with Gasteiger partial charge in [-0.05, 0) is 34.5 Å². The van der Waals surface area contributed by atoms with Gasteiger partial charge in [-0.1, -0.05) is 42.0 Å². The summed E-state index contributed by atoms with van der Waals surface area (Å²) >= 11 is 3.47. The topological polar surface area (TPSA) is 33.4 Å². The second-order valence-corrected chi connectivity index (χ2v) is 6.16. The molecule has 0 saturated heterocycles. The predicted octanol–water partition coefficient (Wildman–Crippen LogP) is 4.03. The highest BCUT2D eigenvalue weighted by Gasteiger charge is 2.07. The van der Waals surface area contributed by atoms with Gasteiger partial charge in [0, 0.05) is 19.8 Å². The monoisotopic (exact) mass is 356 g/mol. The molecule has 3 rings (SSSR count). The third kappa shape index (κ3) is 3.20. The Morgan fingerprint density at radius 3 is 2.82 bits per heavy atom. The lowest BCUT2D eigenvalue weighted by molar-refractivity contribution is 0.907. The first-order chi connectivity index (χ1) is 10.6. The molecule has 0 aliphatic heterocycles. The largest absolute Gasteiger partial charge is 0.356 e. The van der Waals surface area contributed by atoms with E-state index in [1.807, 2.05) is 25.4 Å². The van der Waals surface area contributed by atoms with Crippen LogP contribution in [0.4, 0.5) is 5.82 Å². The van der Waals surface area contributed by atoms with Crippen LogP contribution in [0.2, 0.25) is 0 Å². The molecule has 22 heavy (non-hydrogen) atoms. The van der Waals surface area contributed by atoms with Crippen molar-refractivity contribution < 1.29 is 0 Å². The molecule has 0 bridgehead atoms. The van der Waals surface area contributed by atoms with Crippen LogP contribution in [-0.2, 0) is 0 Å². The molecule has 2 aromatic heterocycles. The van der Waals surface area contributed by atoms with Gasteiger partial charge in [0.1, 0.15) is 5.82 Å². The average Bonchev–Trinajstić information content (AvgIpc) is 2.89. The van der Waals surface area contributed by atoms with Crippen LogP contribution < -0.4 is 4.90 Å². The van der Waals surface area contributed by atoms with Crippen molar-refractivity contribution in [3.05, 3.63) is 64.4 Å². The van der Waals surface area contributed by atoms with Gasteiger partial charge in [0.05, 0.1) is 10.7 Å². The van der Waals surface area contributed by atoms with E-state index in [0.717, 1.165) is 22.5 Å². The van der Waals surface area contributed by atoms with Crippen molar-refractivity contribution in [1.29, 1.82) is 0 Å². The minimum absolute atomic E-state index is 0.823. The normalized spacial score (nSPS) is 11.9. The Morgan fingerprint density at radius 2 is 2.05 bits per heavy atom. The van der Waals surface area contributed by atoms with Gasteiger partial charge in [-0.25, -0.2) is 9.50 Å². The van der Waals surface area contributed by atoms with E-state index in [9.17, 15) is 0 Å². The van der Waals surface area contributed by atoms with Crippen LogP contribution >= 0.6 is 15.9 Å². The number of aromatic nitrogens is 3. The molecule has 3 aromatic rings. The van der Waals surface area contributed by atoms with E-state index >= 15 is 0 Å². The van der Waals surface area contributed by atoms with Gasteiger partial charge < -0.3 is 4.90 Å². The quantitative estimate of drug-likeness (QED) is 0.707. The van der Waals surface area contributed by atoms with Crippen LogP contribution in [-0.4, -0.2) is 28.2 Å². The number of fused-ring (bicyclic) bond motifs is 1. The average molecular weight is 357 g/mol. The summed E-state index contributed by atoms with van der Waals surface area (Å²) in [5, 5.41) is 4.21. The van der Waals surface area contributed by atoms with Crippen LogP contribution in [0.3, 0.4) is 0 Å². The van der Waals surface area contributed by atoms with E-state index in [-0.39, 0.29) is 0 Å². The predicted molar refractivity (Wildman–Crippen MR) is 94.1 cm³/mol. The van der Waals surface area contributed by atoms with E-state index in [4.69, 9.17) is 0 Å². The third-order valence-electron chi connectivity index (χ3n) is 3.40.